The zero-order chi connectivity index (χ0) is 17.2. The Morgan fingerprint density at radius 2 is 1.83 bits per heavy atom. The molecule has 0 aromatic heterocycles. The van der Waals surface area contributed by atoms with Gasteiger partial charge in [-0.2, -0.15) is 0 Å². The highest BCUT2D eigenvalue weighted by molar-refractivity contribution is 5.95. The second-order valence-electron chi connectivity index (χ2n) is 4.64. The summed E-state index contributed by atoms with van der Waals surface area (Å²) in [5.41, 5.74) is 0.471. The Morgan fingerprint density at radius 3 is 2.39 bits per heavy atom. The highest BCUT2D eigenvalue weighted by atomic mass is 19.4. The maximum Gasteiger partial charge on any atom is 0.573 e. The fourth-order valence-electron chi connectivity index (χ4n) is 1.92. The number of carbonyl (C=O) groups is 1. The van der Waals surface area contributed by atoms with Crippen LogP contribution in [0.5, 0.6) is 5.75 Å². The van der Waals surface area contributed by atoms with Crippen molar-refractivity contribution in [3.63, 3.8) is 0 Å². The third-order valence-electron chi connectivity index (χ3n) is 2.91. The van der Waals surface area contributed by atoms with Gasteiger partial charge in [-0.3, -0.25) is 0 Å². The smallest absolute Gasteiger partial charge is 0.478 e. The minimum absolute atomic E-state index is 0.103. The van der Waals surface area contributed by atoms with E-state index in [1.165, 1.54) is 12.1 Å². The van der Waals surface area contributed by atoms with Crippen LogP contribution in [-0.2, 0) is 0 Å². The summed E-state index contributed by atoms with van der Waals surface area (Å²) >= 11 is 0. The van der Waals surface area contributed by atoms with E-state index in [2.05, 4.69) is 10.1 Å². The number of rotatable bonds is 4. The Labute approximate surface area is 128 Å². The molecule has 0 fully saturated rings. The quantitative estimate of drug-likeness (QED) is 0.812. The number of aryl methyl sites for hydroxylation is 1. The zero-order valence-corrected chi connectivity index (χ0v) is 11.7. The van der Waals surface area contributed by atoms with Crippen molar-refractivity contribution < 1.29 is 32.2 Å². The number of hydrogen-bond acceptors (Lipinski definition) is 3. The highest BCUT2D eigenvalue weighted by Crippen LogP contribution is 2.30. The van der Waals surface area contributed by atoms with Crippen LogP contribution >= 0.6 is 0 Å². The number of carboxylic acid groups (broad SMARTS) is 1. The van der Waals surface area contributed by atoms with Gasteiger partial charge >= 0.3 is 12.3 Å². The van der Waals surface area contributed by atoms with Crippen LogP contribution in [0.4, 0.5) is 28.9 Å². The fraction of sp³-hybridized carbons (Fsp3) is 0.133. The van der Waals surface area contributed by atoms with Crippen molar-refractivity contribution >= 4 is 17.3 Å². The van der Waals surface area contributed by atoms with E-state index in [1.54, 1.807) is 6.92 Å². The van der Waals surface area contributed by atoms with Crippen LogP contribution in [0.2, 0.25) is 0 Å². The number of benzene rings is 2. The molecule has 2 aromatic rings. The van der Waals surface area contributed by atoms with E-state index in [-0.39, 0.29) is 11.3 Å². The number of carboxylic acids is 1. The van der Waals surface area contributed by atoms with Gasteiger partial charge in [-0.15, -0.1) is 13.2 Å². The minimum atomic E-state index is -4.90. The summed E-state index contributed by atoms with van der Waals surface area (Å²) in [6, 6.07) is 6.52. The maximum atomic E-state index is 13.1. The summed E-state index contributed by atoms with van der Waals surface area (Å²) in [7, 11) is 0. The summed E-state index contributed by atoms with van der Waals surface area (Å²) in [5.74, 6) is -2.38. The zero-order valence-electron chi connectivity index (χ0n) is 11.7. The molecule has 23 heavy (non-hydrogen) atoms. The number of nitrogens with one attached hydrogen (secondary N) is 1. The molecule has 0 radical (unpaired) electrons. The molecule has 0 spiro atoms. The lowest BCUT2D eigenvalue weighted by molar-refractivity contribution is -0.274. The molecule has 0 unspecified atom stereocenters. The Hall–Kier alpha value is -2.77. The summed E-state index contributed by atoms with van der Waals surface area (Å²) in [5, 5.41) is 11.8. The lowest BCUT2D eigenvalue weighted by Crippen LogP contribution is -2.17. The van der Waals surface area contributed by atoms with Crippen LogP contribution < -0.4 is 10.1 Å². The second-order valence-corrected chi connectivity index (χ2v) is 4.64. The molecule has 2 aromatic carbocycles. The number of halogens is 4. The maximum absolute atomic E-state index is 13.1. The first-order chi connectivity index (χ1) is 10.7. The molecule has 0 aliphatic carbocycles. The van der Waals surface area contributed by atoms with Crippen LogP contribution in [0.15, 0.2) is 36.4 Å². The number of anilines is 2. The molecule has 0 bridgehead atoms. The number of aromatic carboxylic acids is 1. The molecule has 122 valence electrons. The van der Waals surface area contributed by atoms with Gasteiger partial charge in [0.05, 0.1) is 11.3 Å². The van der Waals surface area contributed by atoms with E-state index >= 15 is 0 Å². The Bertz CT molecular complexity index is 744. The van der Waals surface area contributed by atoms with Crippen molar-refractivity contribution in [1.29, 1.82) is 0 Å². The highest BCUT2D eigenvalue weighted by Gasteiger charge is 2.31. The van der Waals surface area contributed by atoms with Crippen LogP contribution in [0, 0.1) is 12.7 Å². The predicted octanol–water partition coefficient (Wildman–Crippen LogP) is 4.47. The molecule has 2 rings (SSSR count). The predicted molar refractivity (Wildman–Crippen MR) is 74.5 cm³/mol. The second kappa shape index (κ2) is 6.15. The summed E-state index contributed by atoms with van der Waals surface area (Å²) in [6.07, 6.45) is -4.90. The largest absolute Gasteiger partial charge is 0.573 e. The fourth-order valence-corrected chi connectivity index (χ4v) is 1.92. The van der Waals surface area contributed by atoms with Gasteiger partial charge in [-0.05, 0) is 42.8 Å². The van der Waals surface area contributed by atoms with E-state index in [0.29, 0.717) is 11.3 Å². The van der Waals surface area contributed by atoms with Gasteiger partial charge < -0.3 is 15.2 Å². The molecule has 0 heterocycles. The lowest BCUT2D eigenvalue weighted by atomic mass is 10.1. The average molecular weight is 329 g/mol. The molecule has 0 amide bonds. The molecule has 0 aliphatic rings. The topological polar surface area (TPSA) is 58.6 Å². The standard InChI is InChI=1S/C15H11F4NO3/c1-8-6-9(16)2-5-12(8)20-13-7-10(23-15(17,18)19)3-4-11(13)14(21)22/h2-7,20H,1H3,(H,21,22). The first-order valence-corrected chi connectivity index (χ1v) is 6.32. The van der Waals surface area contributed by atoms with E-state index in [0.717, 1.165) is 24.3 Å². The van der Waals surface area contributed by atoms with Crippen LogP contribution in [-0.4, -0.2) is 17.4 Å². The van der Waals surface area contributed by atoms with Crippen LogP contribution in [0.3, 0.4) is 0 Å². The van der Waals surface area contributed by atoms with E-state index in [9.17, 15) is 22.4 Å². The van der Waals surface area contributed by atoms with E-state index in [4.69, 9.17) is 5.11 Å². The van der Waals surface area contributed by atoms with Gasteiger partial charge in [0.15, 0.2) is 0 Å². The summed E-state index contributed by atoms with van der Waals surface area (Å²) < 4.78 is 53.6. The lowest BCUT2D eigenvalue weighted by Gasteiger charge is -2.15. The van der Waals surface area contributed by atoms with Crippen molar-refractivity contribution in [2.45, 2.75) is 13.3 Å². The monoisotopic (exact) mass is 329 g/mol. The van der Waals surface area contributed by atoms with E-state index < -0.39 is 23.9 Å². The van der Waals surface area contributed by atoms with Crippen molar-refractivity contribution in [3.05, 3.63) is 53.3 Å². The Kier molecular flexibility index (Phi) is 4.44. The van der Waals surface area contributed by atoms with Crippen molar-refractivity contribution in [2.24, 2.45) is 0 Å². The molecule has 0 atom stereocenters. The van der Waals surface area contributed by atoms with Crippen molar-refractivity contribution in [1.82, 2.24) is 0 Å². The van der Waals surface area contributed by atoms with Gasteiger partial charge in [-0.25, -0.2) is 9.18 Å². The van der Waals surface area contributed by atoms with Crippen molar-refractivity contribution in [2.75, 3.05) is 5.32 Å². The van der Waals surface area contributed by atoms with Crippen molar-refractivity contribution in [3.8, 4) is 5.75 Å². The Morgan fingerprint density at radius 1 is 1.13 bits per heavy atom. The van der Waals surface area contributed by atoms with E-state index in [1.807, 2.05) is 0 Å². The first-order valence-electron chi connectivity index (χ1n) is 6.32. The van der Waals surface area contributed by atoms with Gasteiger partial charge in [0, 0.05) is 11.8 Å². The molecule has 0 saturated heterocycles. The summed E-state index contributed by atoms with van der Waals surface area (Å²) in [6.45, 7) is 1.57. The number of hydrogen-bond donors (Lipinski definition) is 2. The minimum Gasteiger partial charge on any atom is -0.478 e. The molecular weight excluding hydrogens is 318 g/mol. The Balaban J connectivity index is 2.41. The van der Waals surface area contributed by atoms with Crippen LogP contribution in [0.25, 0.3) is 0 Å². The van der Waals surface area contributed by atoms with Gasteiger partial charge in [-0.1, -0.05) is 0 Å². The number of alkyl halides is 3. The third-order valence-corrected chi connectivity index (χ3v) is 2.91. The molecule has 0 saturated carbocycles. The molecule has 2 N–H and O–H groups in total. The van der Waals surface area contributed by atoms with Gasteiger partial charge in [0.1, 0.15) is 11.6 Å². The SMILES string of the molecule is Cc1cc(F)ccc1Nc1cc(OC(F)(F)F)ccc1C(=O)O. The first kappa shape index (κ1) is 16.6. The molecule has 4 nitrogen and oxygen atoms in total. The van der Waals surface area contributed by atoms with Gasteiger partial charge in [0.25, 0.3) is 0 Å². The summed E-state index contributed by atoms with van der Waals surface area (Å²) in [4.78, 5) is 11.2. The third kappa shape index (κ3) is 4.35. The molecule has 0 aliphatic heterocycles. The normalized spacial score (nSPS) is 11.2. The molecular formula is C15H11F4NO3. The van der Waals surface area contributed by atoms with Crippen LogP contribution in [0.1, 0.15) is 15.9 Å². The molecule has 8 heteroatoms. The average Bonchev–Trinajstić information content (AvgIpc) is 2.40. The van der Waals surface area contributed by atoms with Gasteiger partial charge in [0.2, 0.25) is 0 Å². The number of ether oxygens (including phenoxy) is 1.